The highest BCUT2D eigenvalue weighted by Crippen LogP contribution is 2.25. The van der Waals surface area contributed by atoms with Crippen LogP contribution in [0.25, 0.3) is 0 Å². The van der Waals surface area contributed by atoms with E-state index in [1.807, 2.05) is 6.92 Å². The lowest BCUT2D eigenvalue weighted by Crippen LogP contribution is -2.45. The molecule has 0 radical (unpaired) electrons. The van der Waals surface area contributed by atoms with Crippen LogP contribution in [0.15, 0.2) is 40.8 Å². The monoisotopic (exact) mass is 420 g/mol. The van der Waals surface area contributed by atoms with Gasteiger partial charge >= 0.3 is 0 Å². The Morgan fingerprint density at radius 3 is 2.69 bits per heavy atom. The molecule has 1 atom stereocenters. The van der Waals surface area contributed by atoms with Crippen molar-refractivity contribution in [2.45, 2.75) is 56.8 Å². The first-order chi connectivity index (χ1) is 14.0. The summed E-state index contributed by atoms with van der Waals surface area (Å²) < 4.78 is 32.8. The van der Waals surface area contributed by atoms with Gasteiger partial charge in [0.05, 0.1) is 17.4 Å². The molecule has 1 aliphatic heterocycles. The third-order valence-corrected chi connectivity index (χ3v) is 7.54. The van der Waals surface area contributed by atoms with Gasteiger partial charge in [0.25, 0.3) is 0 Å². The van der Waals surface area contributed by atoms with Crippen LogP contribution in [0, 0.1) is 5.92 Å². The normalized spacial score (nSPS) is 20.7. The Morgan fingerprint density at radius 1 is 1.21 bits per heavy atom. The zero-order valence-corrected chi connectivity index (χ0v) is 18.0. The number of allylic oxidation sites excluding steroid dienone is 1. The maximum atomic E-state index is 13.0. The van der Waals surface area contributed by atoms with Gasteiger partial charge in [0.1, 0.15) is 5.75 Å². The molecule has 1 aromatic carbocycles. The Balaban J connectivity index is 1.55. The largest absolute Gasteiger partial charge is 0.494 e. The Labute approximate surface area is 174 Å². The van der Waals surface area contributed by atoms with Gasteiger partial charge in [-0.25, -0.2) is 8.42 Å². The number of carbonyl (C=O) groups is 1. The van der Waals surface area contributed by atoms with Crippen molar-refractivity contribution < 1.29 is 17.9 Å². The fourth-order valence-corrected chi connectivity index (χ4v) is 5.54. The molecule has 6 nitrogen and oxygen atoms in total. The number of ether oxygens (including phenoxy) is 1. The van der Waals surface area contributed by atoms with E-state index in [9.17, 15) is 13.2 Å². The molecule has 1 fully saturated rings. The smallest absolute Gasteiger partial charge is 0.243 e. The van der Waals surface area contributed by atoms with Crippen LogP contribution in [-0.4, -0.2) is 44.9 Å². The molecule has 1 aromatic rings. The van der Waals surface area contributed by atoms with Crippen LogP contribution in [0.4, 0.5) is 0 Å². The van der Waals surface area contributed by atoms with Crippen molar-refractivity contribution in [1.29, 1.82) is 0 Å². The van der Waals surface area contributed by atoms with Crippen molar-refractivity contribution in [2.24, 2.45) is 5.92 Å². The Morgan fingerprint density at radius 2 is 2.00 bits per heavy atom. The van der Waals surface area contributed by atoms with E-state index in [0.29, 0.717) is 31.9 Å². The first-order valence-electron chi connectivity index (χ1n) is 10.7. The topological polar surface area (TPSA) is 75.7 Å². The minimum Gasteiger partial charge on any atom is -0.494 e. The third kappa shape index (κ3) is 5.82. The molecule has 0 spiro atoms. The predicted molar refractivity (Wildman–Crippen MR) is 113 cm³/mol. The van der Waals surface area contributed by atoms with Crippen LogP contribution >= 0.6 is 0 Å². The van der Waals surface area contributed by atoms with Gasteiger partial charge in [-0.1, -0.05) is 11.6 Å². The number of nitrogens with one attached hydrogen (secondary N) is 1. The van der Waals surface area contributed by atoms with Crippen molar-refractivity contribution >= 4 is 15.9 Å². The number of piperidine rings is 1. The summed E-state index contributed by atoms with van der Waals surface area (Å²) >= 11 is 0. The molecule has 2 aliphatic rings. The van der Waals surface area contributed by atoms with Gasteiger partial charge in [-0.3, -0.25) is 4.79 Å². The third-order valence-electron chi connectivity index (χ3n) is 5.66. The number of hydrogen-bond acceptors (Lipinski definition) is 4. The predicted octanol–water partition coefficient (Wildman–Crippen LogP) is 3.49. The number of rotatable bonds is 8. The molecule has 0 saturated carbocycles. The molecular weight excluding hydrogens is 388 g/mol. The zero-order chi connectivity index (χ0) is 20.7. The number of sulfonamides is 1. The average Bonchev–Trinajstić information content (AvgIpc) is 2.75. The number of amides is 1. The van der Waals surface area contributed by atoms with Crippen LogP contribution in [-0.2, 0) is 14.8 Å². The van der Waals surface area contributed by atoms with Crippen molar-refractivity contribution in [2.75, 3.05) is 26.2 Å². The maximum absolute atomic E-state index is 13.0. The number of nitrogens with zero attached hydrogens (tertiary/aromatic N) is 1. The van der Waals surface area contributed by atoms with E-state index in [4.69, 9.17) is 4.74 Å². The lowest BCUT2D eigenvalue weighted by Gasteiger charge is -2.31. The molecule has 7 heteroatoms. The molecule has 0 bridgehead atoms. The van der Waals surface area contributed by atoms with Crippen LogP contribution in [0.3, 0.4) is 0 Å². The molecule has 1 unspecified atom stereocenters. The molecule has 1 saturated heterocycles. The molecule has 160 valence electrons. The highest BCUT2D eigenvalue weighted by molar-refractivity contribution is 7.89. The fraction of sp³-hybridized carbons (Fsp3) is 0.591. The molecule has 1 aliphatic carbocycles. The number of benzene rings is 1. The van der Waals surface area contributed by atoms with Gasteiger partial charge in [0.15, 0.2) is 0 Å². The Bertz CT molecular complexity index is 818. The van der Waals surface area contributed by atoms with Gasteiger partial charge in [-0.05, 0) is 76.1 Å². The van der Waals surface area contributed by atoms with Crippen LogP contribution in [0.2, 0.25) is 0 Å². The van der Waals surface area contributed by atoms with E-state index in [0.717, 1.165) is 25.7 Å². The molecule has 1 amide bonds. The lowest BCUT2D eigenvalue weighted by atomic mass is 9.96. The van der Waals surface area contributed by atoms with Crippen molar-refractivity contribution in [3.63, 3.8) is 0 Å². The summed E-state index contributed by atoms with van der Waals surface area (Å²) in [6.07, 6.45) is 9.38. The minimum atomic E-state index is -3.61. The van der Waals surface area contributed by atoms with E-state index in [1.165, 1.54) is 22.7 Å². The number of carbonyl (C=O) groups excluding carboxylic acids is 1. The molecule has 1 heterocycles. The van der Waals surface area contributed by atoms with Crippen molar-refractivity contribution in [1.82, 2.24) is 9.62 Å². The summed E-state index contributed by atoms with van der Waals surface area (Å²) in [7, 11) is -3.61. The molecule has 0 aromatic heterocycles. The minimum absolute atomic E-state index is 0.0343. The second-order valence-corrected chi connectivity index (χ2v) is 9.69. The van der Waals surface area contributed by atoms with Crippen molar-refractivity contribution in [3.05, 3.63) is 35.9 Å². The molecule has 29 heavy (non-hydrogen) atoms. The summed E-state index contributed by atoms with van der Waals surface area (Å²) in [6, 6.07) is 6.48. The summed E-state index contributed by atoms with van der Waals surface area (Å²) in [5.41, 5.74) is 1.43. The highest BCUT2D eigenvalue weighted by Gasteiger charge is 2.33. The van der Waals surface area contributed by atoms with E-state index in [2.05, 4.69) is 11.4 Å². The van der Waals surface area contributed by atoms with E-state index < -0.39 is 10.0 Å². The Kier molecular flexibility index (Phi) is 7.72. The van der Waals surface area contributed by atoms with Crippen LogP contribution in [0.5, 0.6) is 5.75 Å². The van der Waals surface area contributed by atoms with Crippen LogP contribution in [0.1, 0.15) is 51.9 Å². The summed E-state index contributed by atoms with van der Waals surface area (Å²) in [4.78, 5) is 12.8. The second kappa shape index (κ2) is 10.3. The van der Waals surface area contributed by atoms with Crippen molar-refractivity contribution in [3.8, 4) is 5.75 Å². The molecule has 3 rings (SSSR count). The highest BCUT2D eigenvalue weighted by atomic mass is 32.2. The quantitative estimate of drug-likeness (QED) is 0.653. The SMILES string of the molecule is CCOc1ccc(S(=O)(=O)N2CCCC(C(=O)NCCC3=CCCCC3)C2)cc1. The molecule has 1 N–H and O–H groups in total. The summed E-state index contributed by atoms with van der Waals surface area (Å²) in [5.74, 6) is 0.324. The fourth-order valence-electron chi connectivity index (χ4n) is 4.02. The van der Waals surface area contributed by atoms with Gasteiger partial charge in [-0.2, -0.15) is 4.31 Å². The summed E-state index contributed by atoms with van der Waals surface area (Å²) in [5, 5.41) is 3.02. The van der Waals surface area contributed by atoms with Gasteiger partial charge in [-0.15, -0.1) is 0 Å². The number of hydrogen-bond donors (Lipinski definition) is 1. The van der Waals surface area contributed by atoms with E-state index in [-0.39, 0.29) is 23.3 Å². The van der Waals surface area contributed by atoms with E-state index in [1.54, 1.807) is 24.3 Å². The zero-order valence-electron chi connectivity index (χ0n) is 17.2. The maximum Gasteiger partial charge on any atom is 0.243 e. The van der Waals surface area contributed by atoms with Gasteiger partial charge < -0.3 is 10.1 Å². The first kappa shape index (κ1) is 21.8. The standard InChI is InChI=1S/C22H32N2O4S/c1-2-28-20-10-12-21(13-11-20)29(26,27)24-16-6-9-19(17-24)22(25)23-15-14-18-7-4-3-5-8-18/h7,10-13,19H,2-6,8-9,14-17H2,1H3,(H,23,25). The first-order valence-corrected chi connectivity index (χ1v) is 12.1. The average molecular weight is 421 g/mol. The second-order valence-electron chi connectivity index (χ2n) is 7.76. The Hall–Kier alpha value is -1.86. The lowest BCUT2D eigenvalue weighted by molar-refractivity contribution is -0.126. The van der Waals surface area contributed by atoms with E-state index >= 15 is 0 Å². The van der Waals surface area contributed by atoms with Gasteiger partial charge in [0, 0.05) is 19.6 Å². The summed E-state index contributed by atoms with van der Waals surface area (Å²) in [6.45, 7) is 3.74. The van der Waals surface area contributed by atoms with Gasteiger partial charge in [0.2, 0.25) is 15.9 Å². The van der Waals surface area contributed by atoms with Crippen LogP contribution < -0.4 is 10.1 Å². The molecular formula is C22H32N2O4S.